The molecular weight excluding hydrogens is 270 g/mol. The predicted molar refractivity (Wildman–Crippen MR) is 76.3 cm³/mol. The number of carboxylic acid groups (broad SMARTS) is 1. The molecule has 2 aromatic rings. The van der Waals surface area contributed by atoms with Crippen LogP contribution in [0, 0.1) is 0 Å². The second kappa shape index (κ2) is 5.57. The van der Waals surface area contributed by atoms with Gasteiger partial charge >= 0.3 is 5.97 Å². The normalized spacial score (nSPS) is 20.8. The lowest BCUT2D eigenvalue weighted by atomic mass is 9.93. The Morgan fingerprint density at radius 2 is 2.29 bits per heavy atom. The number of imidazole rings is 1. The summed E-state index contributed by atoms with van der Waals surface area (Å²) >= 11 is 0. The van der Waals surface area contributed by atoms with Crippen molar-refractivity contribution in [2.45, 2.75) is 25.4 Å². The fraction of sp³-hybridized carbons (Fsp3) is 0.333. The number of aromatic nitrogens is 2. The van der Waals surface area contributed by atoms with Gasteiger partial charge < -0.3 is 14.8 Å². The lowest BCUT2D eigenvalue weighted by Gasteiger charge is -2.29. The zero-order valence-electron chi connectivity index (χ0n) is 11.7. The second-order valence-electron chi connectivity index (χ2n) is 4.93. The predicted octanol–water partition coefficient (Wildman–Crippen LogP) is 1.50. The van der Waals surface area contributed by atoms with E-state index in [9.17, 15) is 9.90 Å². The van der Waals surface area contributed by atoms with Gasteiger partial charge in [-0.2, -0.15) is 0 Å². The molecule has 1 aliphatic rings. The Labute approximate surface area is 122 Å². The summed E-state index contributed by atoms with van der Waals surface area (Å²) in [7, 11) is 0. The van der Waals surface area contributed by atoms with Crippen LogP contribution in [0.3, 0.4) is 0 Å². The molecule has 0 aliphatic carbocycles. The van der Waals surface area contributed by atoms with Crippen LogP contribution in [0.15, 0.2) is 30.6 Å². The summed E-state index contributed by atoms with van der Waals surface area (Å²) in [6, 6.07) is 6.71. The number of para-hydroxylation sites is 1. The third-order valence-corrected chi connectivity index (χ3v) is 3.63. The summed E-state index contributed by atoms with van der Waals surface area (Å²) in [6.45, 7) is 2.48. The van der Waals surface area contributed by atoms with Crippen molar-refractivity contribution in [3.63, 3.8) is 0 Å². The van der Waals surface area contributed by atoms with Crippen LogP contribution >= 0.6 is 0 Å². The third kappa shape index (κ3) is 2.50. The van der Waals surface area contributed by atoms with E-state index in [2.05, 4.69) is 15.3 Å². The number of aromatic amines is 1. The number of hydrogen-bond donors (Lipinski definition) is 3. The number of carboxylic acids is 1. The highest BCUT2D eigenvalue weighted by Crippen LogP contribution is 2.33. The molecule has 2 heterocycles. The molecule has 2 atom stereocenters. The highest BCUT2D eigenvalue weighted by atomic mass is 16.5. The van der Waals surface area contributed by atoms with Gasteiger partial charge in [-0.3, -0.25) is 10.1 Å². The lowest BCUT2D eigenvalue weighted by Crippen LogP contribution is -2.45. The van der Waals surface area contributed by atoms with E-state index in [0.29, 0.717) is 13.0 Å². The largest absolute Gasteiger partial charge is 0.494 e. The number of aliphatic carboxylic acids is 1. The number of ether oxygens (including phenoxy) is 1. The molecule has 6 nitrogen and oxygen atoms in total. The van der Waals surface area contributed by atoms with Crippen LogP contribution in [0.4, 0.5) is 0 Å². The van der Waals surface area contributed by atoms with Gasteiger partial charge in [0.1, 0.15) is 11.8 Å². The van der Waals surface area contributed by atoms with Gasteiger partial charge in [-0.25, -0.2) is 4.98 Å². The number of carbonyl (C=O) groups is 1. The Bertz CT molecular complexity index is 653. The van der Waals surface area contributed by atoms with Crippen molar-refractivity contribution in [3.05, 3.63) is 47.5 Å². The van der Waals surface area contributed by atoms with Gasteiger partial charge in [0, 0.05) is 17.7 Å². The molecule has 0 bridgehead atoms. The smallest absolute Gasteiger partial charge is 0.321 e. The van der Waals surface area contributed by atoms with Gasteiger partial charge in [-0.15, -0.1) is 0 Å². The van der Waals surface area contributed by atoms with Gasteiger partial charge in [0.15, 0.2) is 0 Å². The van der Waals surface area contributed by atoms with E-state index < -0.39 is 12.0 Å². The SMILES string of the molecule is CCOc1ccccc1[C@@H]1N[C@@H](C(=O)O)Cc2[nH]cnc21. The minimum atomic E-state index is -0.867. The topological polar surface area (TPSA) is 87.2 Å². The molecule has 0 saturated carbocycles. The molecular formula is C15H17N3O3. The molecule has 0 amide bonds. The summed E-state index contributed by atoms with van der Waals surface area (Å²) in [5, 5.41) is 12.5. The molecule has 1 aromatic carbocycles. The van der Waals surface area contributed by atoms with Crippen molar-refractivity contribution in [1.82, 2.24) is 15.3 Å². The maximum Gasteiger partial charge on any atom is 0.321 e. The van der Waals surface area contributed by atoms with Crippen LogP contribution in [0.1, 0.15) is 29.9 Å². The average Bonchev–Trinajstić information content (AvgIpc) is 2.95. The first-order chi connectivity index (χ1) is 10.2. The first-order valence-corrected chi connectivity index (χ1v) is 6.93. The summed E-state index contributed by atoms with van der Waals surface area (Å²) in [6.07, 6.45) is 2.00. The van der Waals surface area contributed by atoms with Crippen molar-refractivity contribution in [3.8, 4) is 5.75 Å². The Morgan fingerprint density at radius 3 is 3.05 bits per heavy atom. The van der Waals surface area contributed by atoms with Crippen LogP contribution in [-0.4, -0.2) is 33.7 Å². The molecule has 1 aromatic heterocycles. The van der Waals surface area contributed by atoms with E-state index in [1.807, 2.05) is 31.2 Å². The molecule has 0 unspecified atom stereocenters. The number of nitrogens with one attached hydrogen (secondary N) is 2. The van der Waals surface area contributed by atoms with Crippen LogP contribution in [0.2, 0.25) is 0 Å². The van der Waals surface area contributed by atoms with Gasteiger partial charge in [-0.05, 0) is 13.0 Å². The minimum Gasteiger partial charge on any atom is -0.494 e. The molecule has 0 saturated heterocycles. The Hall–Kier alpha value is -2.34. The van der Waals surface area contributed by atoms with E-state index >= 15 is 0 Å². The highest BCUT2D eigenvalue weighted by molar-refractivity contribution is 5.74. The first-order valence-electron chi connectivity index (χ1n) is 6.93. The van der Waals surface area contributed by atoms with Crippen LogP contribution in [0.5, 0.6) is 5.75 Å². The monoisotopic (exact) mass is 287 g/mol. The Morgan fingerprint density at radius 1 is 1.48 bits per heavy atom. The Balaban J connectivity index is 2.03. The average molecular weight is 287 g/mol. The van der Waals surface area contributed by atoms with Crippen molar-refractivity contribution >= 4 is 5.97 Å². The van der Waals surface area contributed by atoms with Crippen molar-refractivity contribution in [2.24, 2.45) is 0 Å². The number of fused-ring (bicyclic) bond motifs is 1. The van der Waals surface area contributed by atoms with E-state index in [4.69, 9.17) is 4.74 Å². The van der Waals surface area contributed by atoms with Crippen LogP contribution < -0.4 is 10.1 Å². The quantitative estimate of drug-likeness (QED) is 0.793. The van der Waals surface area contributed by atoms with Crippen molar-refractivity contribution < 1.29 is 14.6 Å². The van der Waals surface area contributed by atoms with Crippen LogP contribution in [-0.2, 0) is 11.2 Å². The van der Waals surface area contributed by atoms with Gasteiger partial charge in [0.05, 0.1) is 24.7 Å². The minimum absolute atomic E-state index is 0.288. The van der Waals surface area contributed by atoms with Crippen LogP contribution in [0.25, 0.3) is 0 Å². The molecule has 0 fully saturated rings. The van der Waals surface area contributed by atoms with Crippen molar-refractivity contribution in [1.29, 1.82) is 0 Å². The van der Waals surface area contributed by atoms with Gasteiger partial charge in [-0.1, -0.05) is 18.2 Å². The highest BCUT2D eigenvalue weighted by Gasteiger charge is 2.34. The fourth-order valence-corrected chi connectivity index (χ4v) is 2.69. The second-order valence-corrected chi connectivity index (χ2v) is 4.93. The van der Waals surface area contributed by atoms with Gasteiger partial charge in [0.2, 0.25) is 0 Å². The number of rotatable bonds is 4. The van der Waals surface area contributed by atoms with E-state index in [-0.39, 0.29) is 6.04 Å². The molecule has 6 heteroatoms. The number of benzene rings is 1. The fourth-order valence-electron chi connectivity index (χ4n) is 2.69. The number of hydrogen-bond acceptors (Lipinski definition) is 4. The van der Waals surface area contributed by atoms with E-state index in [0.717, 1.165) is 22.7 Å². The number of nitrogens with zero attached hydrogens (tertiary/aromatic N) is 1. The maximum atomic E-state index is 11.3. The lowest BCUT2D eigenvalue weighted by molar-refractivity contribution is -0.139. The molecule has 3 rings (SSSR count). The van der Waals surface area contributed by atoms with E-state index in [1.54, 1.807) is 6.33 Å². The zero-order valence-corrected chi connectivity index (χ0v) is 11.7. The van der Waals surface area contributed by atoms with Crippen molar-refractivity contribution in [2.75, 3.05) is 6.61 Å². The standard InChI is InChI=1S/C15H17N3O3/c1-2-21-12-6-4-3-5-9(12)13-14-10(16-8-17-14)7-11(18-13)15(19)20/h3-6,8,11,13,18H,2,7H2,1H3,(H,16,17)(H,19,20)/t11-,13+/m1/s1. The third-order valence-electron chi connectivity index (χ3n) is 3.63. The zero-order chi connectivity index (χ0) is 14.8. The number of H-pyrrole nitrogens is 1. The molecule has 0 spiro atoms. The molecule has 1 aliphatic heterocycles. The first kappa shape index (κ1) is 13.6. The maximum absolute atomic E-state index is 11.3. The molecule has 110 valence electrons. The van der Waals surface area contributed by atoms with E-state index in [1.165, 1.54) is 0 Å². The summed E-state index contributed by atoms with van der Waals surface area (Å²) < 4.78 is 5.65. The summed E-state index contributed by atoms with van der Waals surface area (Å²) in [4.78, 5) is 18.7. The molecule has 21 heavy (non-hydrogen) atoms. The summed E-state index contributed by atoms with van der Waals surface area (Å²) in [5.74, 6) is -0.119. The Kier molecular flexibility index (Phi) is 3.62. The summed E-state index contributed by atoms with van der Waals surface area (Å²) in [5.41, 5.74) is 2.59. The molecule has 0 radical (unpaired) electrons. The molecule has 3 N–H and O–H groups in total. The van der Waals surface area contributed by atoms with Gasteiger partial charge in [0.25, 0.3) is 0 Å².